The van der Waals surface area contributed by atoms with E-state index in [1.165, 1.54) is 0 Å². The Kier molecular flexibility index (Phi) is 9.24. The van der Waals surface area contributed by atoms with Gasteiger partial charge in [-0.1, -0.05) is 20.8 Å². The molecule has 0 heterocycles. The Hall–Kier alpha value is -0.450. The Morgan fingerprint density at radius 3 is 1.78 bits per heavy atom. The minimum atomic E-state index is -0.282. The predicted molar refractivity (Wildman–Crippen MR) is 73.9 cm³/mol. The Balaban J connectivity index is 4.14. The van der Waals surface area contributed by atoms with Crippen LogP contribution in [0, 0.1) is 5.41 Å². The molecule has 18 heavy (non-hydrogen) atoms. The second kappa shape index (κ2) is 9.48. The summed E-state index contributed by atoms with van der Waals surface area (Å²) in [6.07, 6.45) is 0. The van der Waals surface area contributed by atoms with Crippen LogP contribution in [0.15, 0.2) is 0 Å². The zero-order valence-corrected chi connectivity index (χ0v) is 12.6. The number of ketones is 1. The lowest BCUT2D eigenvalue weighted by Crippen LogP contribution is -2.39. The van der Waals surface area contributed by atoms with Crippen molar-refractivity contribution >= 4 is 5.78 Å². The maximum Gasteiger partial charge on any atom is 0.152 e. The van der Waals surface area contributed by atoms with Crippen LogP contribution in [0.5, 0.6) is 0 Å². The van der Waals surface area contributed by atoms with E-state index in [0.717, 1.165) is 13.1 Å². The molecule has 0 radical (unpaired) electrons. The first-order chi connectivity index (χ1) is 8.41. The molecular formula is C14H29NO3. The van der Waals surface area contributed by atoms with E-state index in [2.05, 4.69) is 4.90 Å². The first kappa shape index (κ1) is 17.6. The van der Waals surface area contributed by atoms with Gasteiger partial charge in [-0.3, -0.25) is 9.69 Å². The highest BCUT2D eigenvalue weighted by molar-refractivity contribution is 5.85. The summed E-state index contributed by atoms with van der Waals surface area (Å²) in [4.78, 5) is 14.1. The van der Waals surface area contributed by atoms with Crippen molar-refractivity contribution in [3.05, 3.63) is 0 Å². The molecule has 0 spiro atoms. The van der Waals surface area contributed by atoms with Gasteiger partial charge < -0.3 is 9.47 Å². The second-order valence-corrected chi connectivity index (χ2v) is 5.34. The molecule has 0 rings (SSSR count). The van der Waals surface area contributed by atoms with Gasteiger partial charge in [0.1, 0.15) is 0 Å². The summed E-state index contributed by atoms with van der Waals surface area (Å²) in [5.41, 5.74) is -0.282. The summed E-state index contributed by atoms with van der Waals surface area (Å²) in [7, 11) is 0. The van der Waals surface area contributed by atoms with Crippen molar-refractivity contribution in [2.24, 2.45) is 5.41 Å². The Morgan fingerprint density at radius 1 is 1.00 bits per heavy atom. The molecule has 0 aromatic carbocycles. The second-order valence-electron chi connectivity index (χ2n) is 5.34. The molecule has 0 fully saturated rings. The molecule has 0 saturated heterocycles. The van der Waals surface area contributed by atoms with Gasteiger partial charge >= 0.3 is 0 Å². The predicted octanol–water partition coefficient (Wildman–Crippen LogP) is 1.98. The molecule has 0 aliphatic heterocycles. The number of ether oxygens (including phenoxy) is 2. The largest absolute Gasteiger partial charge is 0.380 e. The molecule has 0 unspecified atom stereocenters. The molecule has 108 valence electrons. The molecule has 0 amide bonds. The van der Waals surface area contributed by atoms with Gasteiger partial charge in [0.05, 0.1) is 19.8 Å². The van der Waals surface area contributed by atoms with Crippen LogP contribution in [0.4, 0.5) is 0 Å². The Labute approximate surface area is 112 Å². The quantitative estimate of drug-likeness (QED) is 0.562. The summed E-state index contributed by atoms with van der Waals surface area (Å²) in [6.45, 7) is 14.6. The van der Waals surface area contributed by atoms with Crippen LogP contribution in [-0.4, -0.2) is 56.7 Å². The average molecular weight is 259 g/mol. The van der Waals surface area contributed by atoms with E-state index in [-0.39, 0.29) is 11.2 Å². The third kappa shape index (κ3) is 8.61. The van der Waals surface area contributed by atoms with Crippen molar-refractivity contribution in [1.29, 1.82) is 0 Å². The van der Waals surface area contributed by atoms with Gasteiger partial charge in [-0.2, -0.15) is 0 Å². The van der Waals surface area contributed by atoms with Gasteiger partial charge in [0.15, 0.2) is 5.78 Å². The molecule has 0 aliphatic rings. The molecule has 0 aromatic heterocycles. The van der Waals surface area contributed by atoms with Gasteiger partial charge in [-0.05, 0) is 13.8 Å². The highest BCUT2D eigenvalue weighted by Crippen LogP contribution is 2.15. The lowest BCUT2D eigenvalue weighted by molar-refractivity contribution is -0.127. The van der Waals surface area contributed by atoms with Gasteiger partial charge in [0, 0.05) is 31.7 Å². The van der Waals surface area contributed by atoms with E-state index in [0.29, 0.717) is 33.0 Å². The third-order valence-electron chi connectivity index (χ3n) is 2.72. The zero-order chi connectivity index (χ0) is 14.0. The maximum absolute atomic E-state index is 12.0. The smallest absolute Gasteiger partial charge is 0.152 e. The normalized spacial score (nSPS) is 12.1. The summed E-state index contributed by atoms with van der Waals surface area (Å²) in [6, 6.07) is 0. The molecule has 4 heteroatoms. The molecule has 0 aliphatic carbocycles. The minimum absolute atomic E-state index is 0.260. The van der Waals surface area contributed by atoms with Crippen LogP contribution in [0.25, 0.3) is 0 Å². The van der Waals surface area contributed by atoms with Gasteiger partial charge in [0.2, 0.25) is 0 Å². The molecular weight excluding hydrogens is 230 g/mol. The van der Waals surface area contributed by atoms with Crippen molar-refractivity contribution in [3.63, 3.8) is 0 Å². The van der Waals surface area contributed by atoms with Crippen LogP contribution in [0.1, 0.15) is 34.6 Å². The average Bonchev–Trinajstić information content (AvgIpc) is 2.28. The summed E-state index contributed by atoms with van der Waals surface area (Å²) >= 11 is 0. The fourth-order valence-electron chi connectivity index (χ4n) is 1.39. The fraction of sp³-hybridized carbons (Fsp3) is 0.929. The van der Waals surface area contributed by atoms with E-state index in [4.69, 9.17) is 9.47 Å². The number of Topliss-reactive ketones (excluding diaryl/α,β-unsaturated/α-hetero) is 1. The van der Waals surface area contributed by atoms with Gasteiger partial charge in [-0.15, -0.1) is 0 Å². The number of nitrogens with zero attached hydrogens (tertiary/aromatic N) is 1. The summed E-state index contributed by atoms with van der Waals surface area (Å²) in [5.74, 6) is 0.260. The van der Waals surface area contributed by atoms with Crippen LogP contribution in [-0.2, 0) is 14.3 Å². The first-order valence-corrected chi connectivity index (χ1v) is 6.83. The van der Waals surface area contributed by atoms with E-state index in [1.54, 1.807) is 0 Å². The van der Waals surface area contributed by atoms with E-state index >= 15 is 0 Å². The van der Waals surface area contributed by atoms with Crippen molar-refractivity contribution in [3.8, 4) is 0 Å². The summed E-state index contributed by atoms with van der Waals surface area (Å²) in [5, 5.41) is 0. The van der Waals surface area contributed by atoms with Gasteiger partial charge in [0.25, 0.3) is 0 Å². The molecule has 0 N–H and O–H groups in total. The monoisotopic (exact) mass is 259 g/mol. The Morgan fingerprint density at radius 2 is 1.44 bits per heavy atom. The molecule has 4 nitrogen and oxygen atoms in total. The minimum Gasteiger partial charge on any atom is -0.380 e. The lowest BCUT2D eigenvalue weighted by Gasteiger charge is -2.25. The molecule has 0 bridgehead atoms. The first-order valence-electron chi connectivity index (χ1n) is 6.83. The van der Waals surface area contributed by atoms with Gasteiger partial charge in [-0.25, -0.2) is 0 Å². The Bertz CT molecular complexity index is 214. The van der Waals surface area contributed by atoms with Crippen LogP contribution < -0.4 is 0 Å². The van der Waals surface area contributed by atoms with Crippen LogP contribution in [0.2, 0.25) is 0 Å². The van der Waals surface area contributed by atoms with Crippen LogP contribution >= 0.6 is 0 Å². The molecule has 0 saturated carbocycles. The van der Waals surface area contributed by atoms with E-state index in [1.807, 2.05) is 34.6 Å². The topological polar surface area (TPSA) is 38.8 Å². The van der Waals surface area contributed by atoms with E-state index < -0.39 is 0 Å². The number of carbonyl (C=O) groups excluding carboxylic acids is 1. The highest BCUT2D eigenvalue weighted by atomic mass is 16.5. The zero-order valence-electron chi connectivity index (χ0n) is 12.6. The number of carbonyl (C=O) groups is 1. The third-order valence-corrected chi connectivity index (χ3v) is 2.72. The summed E-state index contributed by atoms with van der Waals surface area (Å²) < 4.78 is 10.7. The fourth-order valence-corrected chi connectivity index (χ4v) is 1.39. The van der Waals surface area contributed by atoms with Crippen molar-refractivity contribution in [2.75, 3.05) is 46.1 Å². The molecule has 0 atom stereocenters. The van der Waals surface area contributed by atoms with Crippen LogP contribution in [0.3, 0.4) is 0 Å². The van der Waals surface area contributed by atoms with Crippen molar-refractivity contribution in [1.82, 2.24) is 4.90 Å². The maximum atomic E-state index is 12.0. The standard InChI is InChI=1S/C14H29NO3/c1-6-17-10-8-15(9-11-18-7-2)12-13(16)14(3,4)5/h6-12H2,1-5H3. The highest BCUT2D eigenvalue weighted by Gasteiger charge is 2.23. The number of rotatable bonds is 10. The SMILES string of the molecule is CCOCCN(CCOCC)CC(=O)C(C)(C)C. The number of hydrogen-bond donors (Lipinski definition) is 0. The van der Waals surface area contributed by atoms with E-state index in [9.17, 15) is 4.79 Å². The lowest BCUT2D eigenvalue weighted by atomic mass is 9.90. The van der Waals surface area contributed by atoms with Crippen molar-refractivity contribution in [2.45, 2.75) is 34.6 Å². The van der Waals surface area contributed by atoms with Crippen molar-refractivity contribution < 1.29 is 14.3 Å². The molecule has 0 aromatic rings. The number of hydrogen-bond acceptors (Lipinski definition) is 4.